The molecular weight excluding hydrogens is 399 g/mol. The van der Waals surface area contributed by atoms with Crippen molar-refractivity contribution in [3.8, 4) is 0 Å². The van der Waals surface area contributed by atoms with Crippen LogP contribution in [-0.2, 0) is 7.87 Å². The van der Waals surface area contributed by atoms with Gasteiger partial charge in [0, 0.05) is 0 Å². The number of hydrogen-bond donors (Lipinski definition) is 0. The number of halogens is 1. The summed E-state index contributed by atoms with van der Waals surface area (Å²) in [5, 5.41) is 0. The van der Waals surface area contributed by atoms with E-state index in [1.165, 1.54) is 3.58 Å². The number of carbonyl (C=O) groups is 1. The summed E-state index contributed by atoms with van der Waals surface area (Å²) in [5.74, 6) is -0.239. The van der Waals surface area contributed by atoms with Crippen LogP contribution in [-0.4, -0.2) is 24.8 Å². The summed E-state index contributed by atoms with van der Waals surface area (Å²) in [6.45, 7) is 9.60. The third kappa shape index (κ3) is 3.60. The van der Waals surface area contributed by atoms with Gasteiger partial charge in [-0.05, 0) is 0 Å². The molecule has 0 amide bonds. The first-order chi connectivity index (χ1) is 8.45. The summed E-state index contributed by atoms with van der Waals surface area (Å²) in [5.41, 5.74) is 0.482. The SMILES string of the molecule is C=C(C)C(=O)[O][Sn]([CH2]C)([CH2]C)[c]1ccc(Br)cc1. The Morgan fingerprint density at radius 3 is 2.17 bits per heavy atom. The molecule has 0 spiro atoms. The summed E-state index contributed by atoms with van der Waals surface area (Å²) in [7, 11) is 0. The predicted octanol–water partition coefficient (Wildman–Crippen LogP) is 3.76. The van der Waals surface area contributed by atoms with Crippen LogP contribution in [0.5, 0.6) is 0 Å². The van der Waals surface area contributed by atoms with E-state index in [1.54, 1.807) is 6.92 Å². The van der Waals surface area contributed by atoms with Gasteiger partial charge in [0.05, 0.1) is 0 Å². The molecule has 0 aliphatic rings. The zero-order valence-electron chi connectivity index (χ0n) is 11.1. The van der Waals surface area contributed by atoms with Gasteiger partial charge in [-0.25, -0.2) is 0 Å². The maximum absolute atomic E-state index is 11.8. The molecule has 0 aliphatic carbocycles. The minimum atomic E-state index is -3.04. The van der Waals surface area contributed by atoms with Crippen LogP contribution in [0.15, 0.2) is 40.9 Å². The van der Waals surface area contributed by atoms with Gasteiger partial charge < -0.3 is 0 Å². The Bertz CT molecular complexity index is 436. The van der Waals surface area contributed by atoms with Crippen molar-refractivity contribution in [2.24, 2.45) is 0 Å². The molecule has 4 heteroatoms. The number of carbonyl (C=O) groups excluding carboxylic acids is 1. The van der Waals surface area contributed by atoms with Crippen LogP contribution in [0.4, 0.5) is 0 Å². The minimum absolute atomic E-state index is 0.239. The average molecular weight is 418 g/mol. The van der Waals surface area contributed by atoms with Crippen LogP contribution >= 0.6 is 15.9 Å². The molecule has 0 aliphatic heterocycles. The van der Waals surface area contributed by atoms with Gasteiger partial charge in [-0.3, -0.25) is 0 Å². The quantitative estimate of drug-likeness (QED) is 0.538. The van der Waals surface area contributed by atoms with Crippen molar-refractivity contribution in [3.05, 3.63) is 40.9 Å². The van der Waals surface area contributed by atoms with Crippen molar-refractivity contribution in [1.82, 2.24) is 0 Å². The van der Waals surface area contributed by atoms with Crippen LogP contribution in [0, 0.1) is 0 Å². The summed E-state index contributed by atoms with van der Waals surface area (Å²) < 4.78 is 10.1. The van der Waals surface area contributed by atoms with Gasteiger partial charge >= 0.3 is 123 Å². The number of hydrogen-bond acceptors (Lipinski definition) is 2. The Labute approximate surface area is 122 Å². The van der Waals surface area contributed by atoms with E-state index >= 15 is 0 Å². The molecule has 2 nitrogen and oxygen atoms in total. The standard InChI is InChI=1S/C6H4Br.C4H6O2.2C2H5.Sn/c7-6-4-2-1-3-5-6;1-3(2)4(5)6;2*1-2;/h2-5H;1H2,2H3,(H,5,6);2*1H2,2H3;/q;;;;+1/p-1. The van der Waals surface area contributed by atoms with E-state index in [1.807, 2.05) is 12.1 Å². The van der Waals surface area contributed by atoms with Gasteiger partial charge in [-0.15, -0.1) is 0 Å². The summed E-state index contributed by atoms with van der Waals surface area (Å²) in [4.78, 5) is 11.8. The van der Waals surface area contributed by atoms with E-state index in [4.69, 9.17) is 3.07 Å². The van der Waals surface area contributed by atoms with Gasteiger partial charge in [0.25, 0.3) is 0 Å². The molecule has 0 radical (unpaired) electrons. The topological polar surface area (TPSA) is 26.3 Å². The van der Waals surface area contributed by atoms with Crippen LogP contribution < -0.4 is 3.58 Å². The van der Waals surface area contributed by atoms with Crippen molar-refractivity contribution >= 4 is 44.3 Å². The molecule has 0 aromatic heterocycles. The van der Waals surface area contributed by atoms with E-state index in [-0.39, 0.29) is 5.97 Å². The van der Waals surface area contributed by atoms with Crippen LogP contribution in [0.1, 0.15) is 20.8 Å². The first-order valence-corrected chi connectivity index (χ1v) is 13.5. The molecule has 0 saturated heterocycles. The third-order valence-corrected chi connectivity index (χ3v) is 15.8. The molecule has 0 unspecified atom stereocenters. The van der Waals surface area contributed by atoms with E-state index in [0.717, 1.165) is 13.3 Å². The summed E-state index contributed by atoms with van der Waals surface area (Å²) in [6.07, 6.45) is 0. The molecule has 0 N–H and O–H groups in total. The van der Waals surface area contributed by atoms with Gasteiger partial charge in [0.1, 0.15) is 0 Å². The van der Waals surface area contributed by atoms with Crippen LogP contribution in [0.3, 0.4) is 0 Å². The normalized spacial score (nSPS) is 11.1. The van der Waals surface area contributed by atoms with E-state index in [9.17, 15) is 4.79 Å². The van der Waals surface area contributed by atoms with Gasteiger partial charge in [0.15, 0.2) is 0 Å². The molecule has 1 aromatic rings. The van der Waals surface area contributed by atoms with Crippen molar-refractivity contribution in [2.75, 3.05) is 0 Å². The Hall–Kier alpha value is -0.291. The summed E-state index contributed by atoms with van der Waals surface area (Å²) in [6, 6.07) is 8.19. The maximum atomic E-state index is 11.8. The second-order valence-corrected chi connectivity index (χ2v) is 17.2. The molecule has 0 fully saturated rings. The third-order valence-electron chi connectivity index (χ3n) is 3.15. The molecule has 0 bridgehead atoms. The monoisotopic (exact) mass is 418 g/mol. The fraction of sp³-hybridized carbons (Fsp3) is 0.357. The van der Waals surface area contributed by atoms with Gasteiger partial charge in [-0.1, -0.05) is 0 Å². The Balaban J connectivity index is 3.10. The Morgan fingerprint density at radius 1 is 1.28 bits per heavy atom. The average Bonchev–Trinajstić information content (AvgIpc) is 2.36. The molecule has 1 rings (SSSR count). The van der Waals surface area contributed by atoms with Gasteiger partial charge in [0.2, 0.25) is 0 Å². The van der Waals surface area contributed by atoms with Crippen molar-refractivity contribution in [3.63, 3.8) is 0 Å². The van der Waals surface area contributed by atoms with Crippen molar-refractivity contribution in [1.29, 1.82) is 0 Å². The van der Waals surface area contributed by atoms with E-state index in [0.29, 0.717) is 5.57 Å². The van der Waals surface area contributed by atoms with Crippen molar-refractivity contribution < 1.29 is 7.87 Å². The second-order valence-electron chi connectivity index (χ2n) is 4.38. The molecule has 18 heavy (non-hydrogen) atoms. The van der Waals surface area contributed by atoms with Crippen molar-refractivity contribution in [2.45, 2.75) is 29.6 Å². The van der Waals surface area contributed by atoms with Crippen LogP contribution in [0.2, 0.25) is 8.87 Å². The van der Waals surface area contributed by atoms with Crippen LogP contribution in [0.25, 0.3) is 0 Å². The molecule has 0 atom stereocenters. The Kier molecular flexibility index (Phi) is 5.91. The van der Waals surface area contributed by atoms with E-state index in [2.05, 4.69) is 48.5 Å². The fourth-order valence-electron chi connectivity index (χ4n) is 1.88. The van der Waals surface area contributed by atoms with Gasteiger partial charge in [-0.2, -0.15) is 0 Å². The zero-order chi connectivity index (χ0) is 13.8. The second kappa shape index (κ2) is 6.75. The Morgan fingerprint density at radius 2 is 1.78 bits per heavy atom. The molecular formula is C14H19BrO2Sn. The fourth-order valence-corrected chi connectivity index (χ4v) is 10.8. The number of benzene rings is 1. The first kappa shape index (κ1) is 15.8. The summed E-state index contributed by atoms with van der Waals surface area (Å²) >= 11 is 0.392. The first-order valence-electron chi connectivity index (χ1n) is 6.10. The van der Waals surface area contributed by atoms with E-state index < -0.39 is 18.8 Å². The molecule has 0 saturated carbocycles. The molecule has 0 heterocycles. The molecule has 1 aromatic carbocycles. The molecule has 98 valence electrons. The number of rotatable bonds is 5. The predicted molar refractivity (Wildman–Crippen MR) is 81.4 cm³/mol. The zero-order valence-corrected chi connectivity index (χ0v) is 15.6.